The molecule has 0 saturated carbocycles. The highest BCUT2D eigenvalue weighted by Gasteiger charge is 2.39. The lowest BCUT2D eigenvalue weighted by atomic mass is 9.63. The van der Waals surface area contributed by atoms with Crippen molar-refractivity contribution in [2.24, 2.45) is 22.7 Å². The lowest BCUT2D eigenvalue weighted by Crippen LogP contribution is -2.37. The molecule has 1 saturated heterocycles. The third-order valence-electron chi connectivity index (χ3n) is 3.81. The Morgan fingerprint density at radius 2 is 1.40 bits per heavy atom. The van der Waals surface area contributed by atoms with Crippen molar-refractivity contribution in [1.29, 1.82) is 0 Å². The van der Waals surface area contributed by atoms with E-state index in [-0.39, 0.29) is 0 Å². The van der Waals surface area contributed by atoms with Crippen molar-refractivity contribution in [3.63, 3.8) is 0 Å². The summed E-state index contributed by atoms with van der Waals surface area (Å²) in [7, 11) is 0. The third kappa shape index (κ3) is 3.48. The van der Waals surface area contributed by atoms with E-state index >= 15 is 0 Å². The molecule has 2 unspecified atom stereocenters. The second-order valence-corrected chi connectivity index (χ2v) is 7.16. The van der Waals surface area contributed by atoms with Crippen LogP contribution in [-0.4, -0.2) is 13.2 Å². The zero-order chi connectivity index (χ0) is 11.7. The Hall–Kier alpha value is -0.0400. The number of hydrogen-bond acceptors (Lipinski definition) is 1. The fourth-order valence-corrected chi connectivity index (χ4v) is 2.82. The maximum atomic E-state index is 5.76. The van der Waals surface area contributed by atoms with Gasteiger partial charge >= 0.3 is 0 Å². The van der Waals surface area contributed by atoms with Crippen molar-refractivity contribution in [2.45, 2.75) is 54.4 Å². The fourth-order valence-electron chi connectivity index (χ4n) is 2.82. The van der Waals surface area contributed by atoms with Gasteiger partial charge in [0.15, 0.2) is 0 Å². The Kier molecular flexibility index (Phi) is 3.86. The van der Waals surface area contributed by atoms with Gasteiger partial charge in [-0.25, -0.2) is 0 Å². The molecule has 1 rings (SSSR count). The molecule has 1 fully saturated rings. The standard InChI is InChI=1S/C14H28O/c1-13(2,3)11-8-7-9-15-10-12(11)14(4,5)6/h11-12H,7-10H2,1-6H3. The molecule has 15 heavy (non-hydrogen) atoms. The summed E-state index contributed by atoms with van der Waals surface area (Å²) in [4.78, 5) is 0. The van der Waals surface area contributed by atoms with E-state index in [1.54, 1.807) is 0 Å². The SMILES string of the molecule is CC(C)(C)C1CCCOCC1C(C)(C)C. The van der Waals surface area contributed by atoms with Crippen LogP contribution < -0.4 is 0 Å². The van der Waals surface area contributed by atoms with E-state index in [1.807, 2.05) is 0 Å². The minimum Gasteiger partial charge on any atom is -0.381 e. The van der Waals surface area contributed by atoms with Gasteiger partial charge in [0, 0.05) is 6.61 Å². The van der Waals surface area contributed by atoms with Crippen LogP contribution in [0.3, 0.4) is 0 Å². The van der Waals surface area contributed by atoms with Gasteiger partial charge in [-0.05, 0) is 35.5 Å². The van der Waals surface area contributed by atoms with Crippen LogP contribution in [0.1, 0.15) is 54.4 Å². The van der Waals surface area contributed by atoms with Crippen LogP contribution in [0, 0.1) is 22.7 Å². The maximum absolute atomic E-state index is 5.76. The lowest BCUT2D eigenvalue weighted by molar-refractivity contribution is 0.0149. The van der Waals surface area contributed by atoms with Crippen molar-refractivity contribution in [2.75, 3.05) is 13.2 Å². The molecule has 0 bridgehead atoms. The monoisotopic (exact) mass is 212 g/mol. The average molecular weight is 212 g/mol. The van der Waals surface area contributed by atoms with Crippen molar-refractivity contribution >= 4 is 0 Å². The predicted molar refractivity (Wildman–Crippen MR) is 65.9 cm³/mol. The summed E-state index contributed by atoms with van der Waals surface area (Å²) in [5, 5.41) is 0. The maximum Gasteiger partial charge on any atom is 0.0502 e. The molecule has 0 aromatic rings. The first-order valence-electron chi connectivity index (χ1n) is 6.30. The van der Waals surface area contributed by atoms with E-state index < -0.39 is 0 Å². The molecule has 0 aromatic heterocycles. The first kappa shape index (κ1) is 13.0. The van der Waals surface area contributed by atoms with Crippen LogP contribution in [0.15, 0.2) is 0 Å². The van der Waals surface area contributed by atoms with E-state index in [0.717, 1.165) is 19.1 Å². The Bertz CT molecular complexity index is 172. The molecule has 90 valence electrons. The predicted octanol–water partition coefficient (Wildman–Crippen LogP) is 4.12. The fraction of sp³-hybridized carbons (Fsp3) is 1.00. The summed E-state index contributed by atoms with van der Waals surface area (Å²) in [6, 6.07) is 0. The Balaban J connectivity index is 2.86. The molecule has 1 heterocycles. The molecule has 2 atom stereocenters. The highest BCUT2D eigenvalue weighted by atomic mass is 16.5. The first-order valence-corrected chi connectivity index (χ1v) is 6.30. The molecule has 0 N–H and O–H groups in total. The molecular formula is C14H28O. The van der Waals surface area contributed by atoms with Crippen LogP contribution in [0.4, 0.5) is 0 Å². The highest BCUT2D eigenvalue weighted by molar-refractivity contribution is 4.88. The summed E-state index contributed by atoms with van der Waals surface area (Å²) in [6.45, 7) is 16.1. The zero-order valence-corrected chi connectivity index (χ0v) is 11.4. The summed E-state index contributed by atoms with van der Waals surface area (Å²) >= 11 is 0. The van der Waals surface area contributed by atoms with Gasteiger partial charge in [0.05, 0.1) is 6.61 Å². The van der Waals surface area contributed by atoms with Gasteiger partial charge in [-0.3, -0.25) is 0 Å². The highest BCUT2D eigenvalue weighted by Crippen LogP contribution is 2.44. The average Bonchev–Trinajstić information content (AvgIpc) is 2.24. The van der Waals surface area contributed by atoms with Gasteiger partial charge in [-0.1, -0.05) is 41.5 Å². The molecule has 1 aliphatic heterocycles. The minimum absolute atomic E-state index is 0.363. The van der Waals surface area contributed by atoms with Gasteiger partial charge in [0.2, 0.25) is 0 Å². The van der Waals surface area contributed by atoms with Gasteiger partial charge in [0.25, 0.3) is 0 Å². The van der Waals surface area contributed by atoms with E-state index in [2.05, 4.69) is 41.5 Å². The quantitative estimate of drug-likeness (QED) is 0.587. The number of rotatable bonds is 0. The third-order valence-corrected chi connectivity index (χ3v) is 3.81. The van der Waals surface area contributed by atoms with E-state index in [1.165, 1.54) is 12.8 Å². The van der Waals surface area contributed by atoms with Gasteiger partial charge in [0.1, 0.15) is 0 Å². The Morgan fingerprint density at radius 1 is 0.867 bits per heavy atom. The van der Waals surface area contributed by atoms with Crippen LogP contribution >= 0.6 is 0 Å². The second kappa shape index (κ2) is 4.45. The van der Waals surface area contributed by atoms with Crippen molar-refractivity contribution < 1.29 is 4.74 Å². The molecule has 0 amide bonds. The van der Waals surface area contributed by atoms with Crippen LogP contribution in [0.5, 0.6) is 0 Å². The molecule has 0 spiro atoms. The van der Waals surface area contributed by atoms with Gasteiger partial charge in [-0.15, -0.1) is 0 Å². The number of hydrogen-bond donors (Lipinski definition) is 0. The molecule has 1 heteroatoms. The molecule has 0 radical (unpaired) electrons. The minimum atomic E-state index is 0.363. The van der Waals surface area contributed by atoms with Crippen molar-refractivity contribution in [3.8, 4) is 0 Å². The molecule has 0 aromatic carbocycles. The Morgan fingerprint density at radius 3 is 1.87 bits per heavy atom. The second-order valence-electron chi connectivity index (χ2n) is 7.16. The van der Waals surface area contributed by atoms with E-state index in [9.17, 15) is 0 Å². The van der Waals surface area contributed by atoms with Crippen LogP contribution in [0.2, 0.25) is 0 Å². The Labute approximate surface area is 95.6 Å². The molecule has 1 aliphatic rings. The summed E-state index contributed by atoms with van der Waals surface area (Å²) < 4.78 is 5.76. The summed E-state index contributed by atoms with van der Waals surface area (Å²) in [6.07, 6.45) is 2.56. The first-order chi connectivity index (χ1) is 6.73. The normalized spacial score (nSPS) is 30.0. The van der Waals surface area contributed by atoms with Gasteiger partial charge in [-0.2, -0.15) is 0 Å². The largest absolute Gasteiger partial charge is 0.381 e. The van der Waals surface area contributed by atoms with E-state index in [4.69, 9.17) is 4.74 Å². The lowest BCUT2D eigenvalue weighted by Gasteiger charge is -2.42. The van der Waals surface area contributed by atoms with Gasteiger partial charge < -0.3 is 4.74 Å². The summed E-state index contributed by atoms with van der Waals surface area (Å²) in [5.74, 6) is 1.49. The molecule has 0 aliphatic carbocycles. The topological polar surface area (TPSA) is 9.23 Å². The molecular weight excluding hydrogens is 184 g/mol. The summed E-state index contributed by atoms with van der Waals surface area (Å²) in [5.41, 5.74) is 0.772. The molecule has 1 nitrogen and oxygen atoms in total. The van der Waals surface area contributed by atoms with Crippen LogP contribution in [-0.2, 0) is 4.74 Å². The smallest absolute Gasteiger partial charge is 0.0502 e. The van der Waals surface area contributed by atoms with Crippen LogP contribution in [0.25, 0.3) is 0 Å². The van der Waals surface area contributed by atoms with Crippen molar-refractivity contribution in [1.82, 2.24) is 0 Å². The zero-order valence-electron chi connectivity index (χ0n) is 11.4. The number of ether oxygens (including phenoxy) is 1. The van der Waals surface area contributed by atoms with E-state index in [0.29, 0.717) is 16.7 Å². The van der Waals surface area contributed by atoms with Crippen molar-refractivity contribution in [3.05, 3.63) is 0 Å².